The monoisotopic (exact) mass is 445 g/mol. The van der Waals surface area contributed by atoms with Crippen LogP contribution < -0.4 is 19.5 Å². The van der Waals surface area contributed by atoms with Gasteiger partial charge in [-0.05, 0) is 42.5 Å². The number of carbonyl (C=O) groups is 1. The van der Waals surface area contributed by atoms with Crippen LogP contribution in [0.2, 0.25) is 0 Å². The van der Waals surface area contributed by atoms with Crippen LogP contribution in [0.4, 0.5) is 10.8 Å². The van der Waals surface area contributed by atoms with Crippen LogP contribution in [-0.4, -0.2) is 33.5 Å². The number of aromatic nitrogens is 1. The number of carbonyl (C=O) groups excluding carboxylic acids is 1. The smallest absolute Gasteiger partial charge is 0.263 e. The van der Waals surface area contributed by atoms with E-state index in [1.54, 1.807) is 36.8 Å². The Kier molecular flexibility index (Phi) is 6.70. The van der Waals surface area contributed by atoms with Crippen LogP contribution in [0.3, 0.4) is 0 Å². The maximum Gasteiger partial charge on any atom is 0.263 e. The lowest BCUT2D eigenvalue weighted by Gasteiger charge is -2.08. The number of methoxy groups -OCH3 is 2. The summed E-state index contributed by atoms with van der Waals surface area (Å²) in [6.45, 7) is 0. The third-order valence-corrected chi connectivity index (χ3v) is 6.11. The van der Waals surface area contributed by atoms with Gasteiger partial charge in [-0.2, -0.15) is 0 Å². The first-order chi connectivity index (χ1) is 14.4. The standard InChI is InChI=1S/C20H19N3O5S2/c1-27-16-7-3-14(18(13-16)28-2)4-10-19(24)22-15-5-8-17(9-6-15)30(25,26)23-20-21-11-12-29-20/h3-13H,1-2H3,(H,21,23)(H,22,24)/b10-4+. The van der Waals surface area contributed by atoms with Gasteiger partial charge in [-0.3, -0.25) is 9.52 Å². The summed E-state index contributed by atoms with van der Waals surface area (Å²) in [6, 6.07) is 11.1. The van der Waals surface area contributed by atoms with E-state index in [1.165, 1.54) is 55.0 Å². The molecule has 0 fully saturated rings. The topological polar surface area (TPSA) is 107 Å². The van der Waals surface area contributed by atoms with E-state index in [9.17, 15) is 13.2 Å². The summed E-state index contributed by atoms with van der Waals surface area (Å²) >= 11 is 1.18. The quantitative estimate of drug-likeness (QED) is 0.513. The fourth-order valence-electron chi connectivity index (χ4n) is 2.47. The second kappa shape index (κ2) is 9.42. The summed E-state index contributed by atoms with van der Waals surface area (Å²) in [5.74, 6) is 0.845. The molecule has 2 N–H and O–H groups in total. The minimum atomic E-state index is -3.74. The fourth-order valence-corrected chi connectivity index (χ4v) is 4.26. The van der Waals surface area contributed by atoms with Gasteiger partial charge >= 0.3 is 0 Å². The predicted molar refractivity (Wildman–Crippen MR) is 117 cm³/mol. The van der Waals surface area contributed by atoms with Gasteiger partial charge in [0, 0.05) is 35.0 Å². The van der Waals surface area contributed by atoms with E-state index in [0.717, 1.165) is 0 Å². The number of anilines is 2. The van der Waals surface area contributed by atoms with Crippen LogP contribution in [0.1, 0.15) is 5.56 Å². The van der Waals surface area contributed by atoms with Crippen molar-refractivity contribution in [1.29, 1.82) is 0 Å². The number of rotatable bonds is 8. The second-order valence-corrected chi connectivity index (χ2v) is 8.47. The van der Waals surface area contributed by atoms with Gasteiger partial charge in [-0.15, -0.1) is 11.3 Å². The molecular weight excluding hydrogens is 426 g/mol. The summed E-state index contributed by atoms with van der Waals surface area (Å²) in [5, 5.41) is 4.64. The van der Waals surface area contributed by atoms with E-state index >= 15 is 0 Å². The van der Waals surface area contributed by atoms with E-state index in [-0.39, 0.29) is 15.9 Å². The summed E-state index contributed by atoms with van der Waals surface area (Å²) in [6.07, 6.45) is 4.49. The van der Waals surface area contributed by atoms with E-state index in [0.29, 0.717) is 22.7 Å². The highest BCUT2D eigenvalue weighted by atomic mass is 32.2. The molecule has 0 radical (unpaired) electrons. The molecule has 0 unspecified atom stereocenters. The van der Waals surface area contributed by atoms with Crippen molar-refractivity contribution < 1.29 is 22.7 Å². The minimum absolute atomic E-state index is 0.0641. The Hall–Kier alpha value is -3.37. The van der Waals surface area contributed by atoms with Gasteiger partial charge in [0.15, 0.2) is 5.13 Å². The molecule has 10 heteroatoms. The molecule has 3 rings (SSSR count). The molecule has 2 aromatic carbocycles. The first-order valence-corrected chi connectivity index (χ1v) is 11.0. The molecule has 0 bridgehead atoms. The molecule has 1 amide bonds. The second-order valence-electron chi connectivity index (χ2n) is 5.90. The van der Waals surface area contributed by atoms with Crippen LogP contribution in [0.15, 0.2) is 65.0 Å². The van der Waals surface area contributed by atoms with Crippen LogP contribution >= 0.6 is 11.3 Å². The molecule has 3 aromatic rings. The average molecular weight is 446 g/mol. The van der Waals surface area contributed by atoms with Crippen molar-refractivity contribution >= 4 is 44.2 Å². The molecule has 30 heavy (non-hydrogen) atoms. The van der Waals surface area contributed by atoms with Crippen molar-refractivity contribution in [3.05, 3.63) is 65.7 Å². The molecule has 0 saturated heterocycles. The molecule has 156 valence electrons. The highest BCUT2D eigenvalue weighted by molar-refractivity contribution is 7.93. The van der Waals surface area contributed by atoms with Crippen molar-refractivity contribution in [1.82, 2.24) is 4.98 Å². The van der Waals surface area contributed by atoms with E-state index in [2.05, 4.69) is 15.0 Å². The zero-order valence-corrected chi connectivity index (χ0v) is 17.8. The number of nitrogens with zero attached hydrogens (tertiary/aromatic N) is 1. The Morgan fingerprint density at radius 1 is 1.10 bits per heavy atom. The SMILES string of the molecule is COc1ccc(/C=C/C(=O)Nc2ccc(S(=O)(=O)Nc3nccs3)cc2)c(OC)c1. The van der Waals surface area contributed by atoms with Gasteiger partial charge in [-0.25, -0.2) is 13.4 Å². The zero-order chi connectivity index (χ0) is 21.6. The van der Waals surface area contributed by atoms with Gasteiger partial charge < -0.3 is 14.8 Å². The number of hydrogen-bond acceptors (Lipinski definition) is 7. The summed E-state index contributed by atoms with van der Waals surface area (Å²) in [7, 11) is -0.649. The molecule has 1 aromatic heterocycles. The highest BCUT2D eigenvalue weighted by Crippen LogP contribution is 2.25. The number of thiazole rings is 1. The number of amides is 1. The molecule has 0 saturated carbocycles. The lowest BCUT2D eigenvalue weighted by atomic mass is 10.1. The number of benzene rings is 2. The highest BCUT2D eigenvalue weighted by Gasteiger charge is 2.15. The maximum absolute atomic E-state index is 12.3. The number of hydrogen-bond donors (Lipinski definition) is 2. The van der Waals surface area contributed by atoms with Gasteiger partial charge in [0.1, 0.15) is 11.5 Å². The Balaban J connectivity index is 1.65. The Morgan fingerprint density at radius 3 is 2.50 bits per heavy atom. The van der Waals surface area contributed by atoms with Gasteiger partial charge in [0.05, 0.1) is 19.1 Å². The Morgan fingerprint density at radius 2 is 1.87 bits per heavy atom. The number of sulfonamides is 1. The van der Waals surface area contributed by atoms with Crippen LogP contribution in [0.25, 0.3) is 6.08 Å². The Bertz CT molecular complexity index is 1140. The molecule has 0 atom stereocenters. The van der Waals surface area contributed by atoms with Gasteiger partial charge in [-0.1, -0.05) is 0 Å². The third-order valence-electron chi connectivity index (χ3n) is 3.94. The number of nitrogens with one attached hydrogen (secondary N) is 2. The molecule has 0 aliphatic carbocycles. The predicted octanol–water partition coefficient (Wildman–Crippen LogP) is 3.61. The summed E-state index contributed by atoms with van der Waals surface area (Å²) < 4.78 is 37.5. The van der Waals surface area contributed by atoms with Crippen LogP contribution in [0, 0.1) is 0 Å². The molecule has 0 aliphatic heterocycles. The van der Waals surface area contributed by atoms with E-state index in [4.69, 9.17) is 9.47 Å². The minimum Gasteiger partial charge on any atom is -0.497 e. The average Bonchev–Trinajstić information content (AvgIpc) is 3.24. The molecular formula is C20H19N3O5S2. The maximum atomic E-state index is 12.3. The zero-order valence-electron chi connectivity index (χ0n) is 16.2. The lowest BCUT2D eigenvalue weighted by molar-refractivity contribution is -0.111. The molecule has 0 aliphatic rings. The van der Waals surface area contributed by atoms with Crippen molar-refractivity contribution in [2.24, 2.45) is 0 Å². The molecule has 1 heterocycles. The van der Waals surface area contributed by atoms with Gasteiger partial charge in [0.2, 0.25) is 5.91 Å². The van der Waals surface area contributed by atoms with E-state index in [1.807, 2.05) is 0 Å². The third kappa shape index (κ3) is 5.37. The first-order valence-electron chi connectivity index (χ1n) is 8.65. The summed E-state index contributed by atoms with van der Waals surface area (Å²) in [4.78, 5) is 16.2. The Labute approximate surface area is 178 Å². The van der Waals surface area contributed by atoms with Crippen molar-refractivity contribution in [3.63, 3.8) is 0 Å². The summed E-state index contributed by atoms with van der Waals surface area (Å²) in [5.41, 5.74) is 1.17. The lowest BCUT2D eigenvalue weighted by Crippen LogP contribution is -2.13. The number of ether oxygens (including phenoxy) is 2. The van der Waals surface area contributed by atoms with E-state index < -0.39 is 10.0 Å². The van der Waals surface area contributed by atoms with Crippen LogP contribution in [-0.2, 0) is 14.8 Å². The largest absolute Gasteiger partial charge is 0.497 e. The fraction of sp³-hybridized carbons (Fsp3) is 0.100. The normalized spacial score (nSPS) is 11.3. The van der Waals surface area contributed by atoms with Crippen molar-refractivity contribution in [3.8, 4) is 11.5 Å². The van der Waals surface area contributed by atoms with Crippen molar-refractivity contribution in [2.45, 2.75) is 4.90 Å². The van der Waals surface area contributed by atoms with Gasteiger partial charge in [0.25, 0.3) is 10.0 Å². The molecule has 8 nitrogen and oxygen atoms in total. The van der Waals surface area contributed by atoms with Crippen molar-refractivity contribution in [2.75, 3.05) is 24.3 Å². The first kappa shape index (κ1) is 21.3. The molecule has 0 spiro atoms. The van der Waals surface area contributed by atoms with Crippen LogP contribution in [0.5, 0.6) is 11.5 Å².